The Morgan fingerprint density at radius 1 is 0.320 bits per heavy atom. The molecule has 9 aromatic rings. The Hall–Kier alpha value is -6.71. The van der Waals surface area contributed by atoms with E-state index in [1.807, 2.05) is 84.9 Å². The molecule has 0 amide bonds. The minimum atomic E-state index is -0.475. The van der Waals surface area contributed by atoms with E-state index in [9.17, 15) is 0 Å². The summed E-state index contributed by atoms with van der Waals surface area (Å²) in [6, 6.07) is 51.4. The molecule has 0 radical (unpaired) electrons. The van der Waals surface area contributed by atoms with Gasteiger partial charge in [0.1, 0.15) is 0 Å². The minimum absolute atomic E-state index is 0.000424. The van der Waals surface area contributed by atoms with Crippen LogP contribution in [0.15, 0.2) is 188 Å². The van der Waals surface area contributed by atoms with Crippen molar-refractivity contribution in [2.75, 3.05) is 0 Å². The van der Waals surface area contributed by atoms with E-state index in [1.165, 1.54) is 5.56 Å². The van der Waals surface area contributed by atoms with E-state index in [-0.39, 0.29) is 23.5 Å². The fraction of sp³-hybridized carbons (Fsp3) is 0. The molecule has 50 heavy (non-hydrogen) atoms. The van der Waals surface area contributed by atoms with Crippen molar-refractivity contribution in [2.45, 2.75) is 0 Å². The highest BCUT2D eigenvalue weighted by Crippen LogP contribution is 2.33. The molecule has 0 saturated heterocycles. The van der Waals surface area contributed by atoms with E-state index < -0.39 is 18.1 Å². The molecule has 0 bridgehead atoms. The average molecular weight is 643 g/mol. The Morgan fingerprint density at radius 2 is 0.840 bits per heavy atom. The number of fused-ring (bicyclic) bond motifs is 2. The monoisotopic (exact) mass is 642 g/mol. The van der Waals surface area contributed by atoms with Gasteiger partial charge in [-0.15, -0.1) is 0 Å². The molecule has 0 aliphatic heterocycles. The van der Waals surface area contributed by atoms with Gasteiger partial charge in [-0.05, 0) is 73.1 Å². The topological polar surface area (TPSA) is 38.7 Å². The lowest BCUT2D eigenvalue weighted by molar-refractivity contribution is 1.07. The molecule has 1 aromatic heterocycles. The molecule has 9 rings (SSSR count). The number of nitrogens with zero attached hydrogens (tertiary/aromatic N) is 3. The molecule has 3 nitrogen and oxygen atoms in total. The average Bonchev–Trinajstić information content (AvgIpc) is 3.25. The summed E-state index contributed by atoms with van der Waals surface area (Å²) in [5, 5.41) is 4.54. The lowest BCUT2D eigenvalue weighted by atomic mass is 9.97. The third-order valence-corrected chi connectivity index (χ3v) is 9.00. The lowest BCUT2D eigenvalue weighted by Gasteiger charge is -2.11. The van der Waals surface area contributed by atoms with E-state index in [0.717, 1.165) is 49.4 Å². The first kappa shape index (κ1) is 24.4. The van der Waals surface area contributed by atoms with E-state index in [1.54, 1.807) is 0 Å². The molecular weight excluding hydrogens is 607 g/mol. The van der Waals surface area contributed by atoms with Gasteiger partial charge in [0.25, 0.3) is 0 Å². The van der Waals surface area contributed by atoms with Crippen LogP contribution < -0.4 is 0 Å². The fourth-order valence-electron chi connectivity index (χ4n) is 6.46. The second-order valence-electron chi connectivity index (χ2n) is 12.1. The van der Waals surface area contributed by atoms with Crippen LogP contribution in [0.25, 0.3) is 89.1 Å². The van der Waals surface area contributed by atoms with Crippen molar-refractivity contribution in [2.24, 2.45) is 0 Å². The molecule has 0 N–H and O–H groups in total. The normalized spacial score (nSPS) is 12.6. The van der Waals surface area contributed by atoms with Gasteiger partial charge in [-0.3, -0.25) is 0 Å². The van der Waals surface area contributed by atoms with Crippen LogP contribution in [0.3, 0.4) is 0 Å². The zero-order valence-electron chi connectivity index (χ0n) is 31.9. The van der Waals surface area contributed by atoms with Gasteiger partial charge >= 0.3 is 0 Å². The molecule has 0 atom stereocenters. The van der Waals surface area contributed by atoms with Crippen molar-refractivity contribution in [3.8, 4) is 67.5 Å². The molecule has 3 heteroatoms. The molecule has 1 heterocycles. The molecule has 8 aromatic carbocycles. The molecule has 0 aliphatic carbocycles. The highest BCUT2D eigenvalue weighted by molar-refractivity contribution is 5.97. The molecule has 0 spiro atoms. The summed E-state index contributed by atoms with van der Waals surface area (Å²) in [4.78, 5) is 14.4. The van der Waals surface area contributed by atoms with Crippen molar-refractivity contribution in [3.05, 3.63) is 188 Å². The predicted octanol–water partition coefficient (Wildman–Crippen LogP) is 12.2. The maximum atomic E-state index is 8.71. The van der Waals surface area contributed by atoms with Gasteiger partial charge in [-0.2, -0.15) is 0 Å². The van der Waals surface area contributed by atoms with Crippen molar-refractivity contribution < 1.29 is 6.85 Å². The third kappa shape index (κ3) is 5.72. The van der Waals surface area contributed by atoms with Crippen LogP contribution in [-0.4, -0.2) is 15.0 Å². The zero-order chi connectivity index (χ0) is 37.6. The van der Waals surface area contributed by atoms with E-state index >= 15 is 0 Å². The first-order chi connectivity index (χ1) is 26.8. The van der Waals surface area contributed by atoms with Crippen LogP contribution in [-0.2, 0) is 0 Å². The summed E-state index contributed by atoms with van der Waals surface area (Å²) in [5.74, 6) is 0.641. The van der Waals surface area contributed by atoms with Crippen molar-refractivity contribution >= 4 is 21.5 Å². The predicted molar refractivity (Wildman–Crippen MR) is 207 cm³/mol. The van der Waals surface area contributed by atoms with Crippen LogP contribution in [0.2, 0.25) is 0 Å². The summed E-state index contributed by atoms with van der Waals surface area (Å²) in [7, 11) is 0. The van der Waals surface area contributed by atoms with Crippen LogP contribution in [0.1, 0.15) is 6.85 Å². The number of benzene rings is 8. The smallest absolute Gasteiger partial charge is 0.164 e. The van der Waals surface area contributed by atoms with Gasteiger partial charge in [-0.25, -0.2) is 15.0 Å². The number of rotatable bonds is 6. The largest absolute Gasteiger partial charge is 0.208 e. The van der Waals surface area contributed by atoms with Gasteiger partial charge in [0.15, 0.2) is 17.5 Å². The maximum Gasteiger partial charge on any atom is 0.164 e. The van der Waals surface area contributed by atoms with Gasteiger partial charge in [-0.1, -0.05) is 170 Å². The lowest BCUT2D eigenvalue weighted by Crippen LogP contribution is -2.00. The van der Waals surface area contributed by atoms with Crippen LogP contribution in [0, 0.1) is 0 Å². The first-order valence-electron chi connectivity index (χ1n) is 18.9. The van der Waals surface area contributed by atoms with E-state index in [2.05, 4.69) is 72.8 Å². The summed E-state index contributed by atoms with van der Waals surface area (Å²) < 4.78 is 42.3. The van der Waals surface area contributed by atoms with Gasteiger partial charge in [0.2, 0.25) is 0 Å². The molecule has 0 aliphatic rings. The summed E-state index contributed by atoms with van der Waals surface area (Å²) in [6.07, 6.45) is 0. The quantitative estimate of drug-likeness (QED) is 0.181. The minimum Gasteiger partial charge on any atom is -0.208 e. The molecule has 0 unspecified atom stereocenters. The van der Waals surface area contributed by atoms with Crippen LogP contribution >= 0.6 is 0 Å². The maximum absolute atomic E-state index is 8.71. The van der Waals surface area contributed by atoms with Crippen molar-refractivity contribution in [3.63, 3.8) is 0 Å². The highest BCUT2D eigenvalue weighted by atomic mass is 15.0. The first-order valence-corrected chi connectivity index (χ1v) is 16.4. The van der Waals surface area contributed by atoms with Gasteiger partial charge < -0.3 is 0 Å². The highest BCUT2D eigenvalue weighted by Gasteiger charge is 2.14. The van der Waals surface area contributed by atoms with Crippen molar-refractivity contribution in [1.29, 1.82) is 0 Å². The number of aromatic nitrogens is 3. The van der Waals surface area contributed by atoms with Crippen LogP contribution in [0.4, 0.5) is 0 Å². The second-order valence-corrected chi connectivity index (χ2v) is 12.1. The fourth-order valence-corrected chi connectivity index (χ4v) is 6.46. The Morgan fingerprint density at radius 3 is 1.60 bits per heavy atom. The summed E-state index contributed by atoms with van der Waals surface area (Å²) in [6.45, 7) is 0. The van der Waals surface area contributed by atoms with Gasteiger partial charge in [0, 0.05) is 16.7 Å². The molecular formula is C47H31N3. The van der Waals surface area contributed by atoms with Gasteiger partial charge in [0.05, 0.1) is 6.85 Å². The Labute approximate surface area is 298 Å². The molecule has 0 fully saturated rings. The van der Waals surface area contributed by atoms with Crippen molar-refractivity contribution in [1.82, 2.24) is 15.0 Å². The Bertz CT molecular complexity index is 2900. The molecule has 0 saturated carbocycles. The number of hydrogen-bond acceptors (Lipinski definition) is 3. The number of hydrogen-bond donors (Lipinski definition) is 0. The zero-order valence-corrected chi connectivity index (χ0v) is 26.9. The SMILES string of the molecule is [2H]c1c([2H])c([2H])c(-c2nc(-c3ccc(-c4cccc5ccccc45)cc3)nc(-c3cccc(-c4ccc5cc(-c6ccccc6)ccc5c4)c3)n2)c([2H])c1[2H]. The third-order valence-electron chi connectivity index (χ3n) is 9.00. The standard InChI is InChI=1S/C47H31N3/c1-3-11-32(12-4-1)38-25-26-41-30-39(27-28-40(41)29-38)37-17-9-18-42(31-37)47-49-45(35-14-5-2-6-15-35)48-46(50-47)36-23-21-34(22-24-36)44-20-10-16-33-13-7-8-19-43(33)44/h1-31H/i2D,5D,6D,14D,15D. The Kier molecular flexibility index (Phi) is 6.22. The summed E-state index contributed by atoms with van der Waals surface area (Å²) >= 11 is 0. The molecule has 234 valence electrons. The second kappa shape index (κ2) is 12.7. The van der Waals surface area contributed by atoms with E-state index in [0.29, 0.717) is 22.8 Å². The Balaban J connectivity index is 1.15. The van der Waals surface area contributed by atoms with E-state index in [4.69, 9.17) is 21.8 Å². The summed E-state index contributed by atoms with van der Waals surface area (Å²) in [5.41, 5.74) is 7.74. The van der Waals surface area contributed by atoms with Crippen LogP contribution in [0.5, 0.6) is 0 Å².